The first-order valence-corrected chi connectivity index (χ1v) is 5.85. The number of carbonyl (C=O) groups excluding carboxylic acids is 1. The van der Waals surface area contributed by atoms with Crippen molar-refractivity contribution < 1.29 is 23.2 Å². The first-order valence-electron chi connectivity index (χ1n) is 5.41. The Morgan fingerprint density at radius 3 is 2.75 bits per heavy atom. The van der Waals surface area contributed by atoms with Crippen molar-refractivity contribution in [3.05, 3.63) is 39.4 Å². The van der Waals surface area contributed by atoms with Crippen LogP contribution in [0.2, 0.25) is 0 Å². The van der Waals surface area contributed by atoms with E-state index in [0.717, 1.165) is 0 Å². The minimum absolute atomic E-state index is 0.0576. The molecule has 20 heavy (non-hydrogen) atoms. The molecule has 1 unspecified atom stereocenters. The zero-order valence-corrected chi connectivity index (χ0v) is 11.1. The fourth-order valence-electron chi connectivity index (χ4n) is 1.41. The SMILES string of the molecule is COCC(Cl)CNC(=O)c1cc(F)cc([N+](=O)[O-])c1F. The van der Waals surface area contributed by atoms with Gasteiger partial charge in [-0.15, -0.1) is 11.6 Å². The molecule has 0 saturated heterocycles. The van der Waals surface area contributed by atoms with Crippen molar-refractivity contribution in [2.45, 2.75) is 5.38 Å². The number of ether oxygens (including phenoxy) is 1. The van der Waals surface area contributed by atoms with Crippen LogP contribution in [0.3, 0.4) is 0 Å². The lowest BCUT2D eigenvalue weighted by Gasteiger charge is -2.10. The summed E-state index contributed by atoms with van der Waals surface area (Å²) in [6, 6.07) is 0.985. The summed E-state index contributed by atoms with van der Waals surface area (Å²) < 4.78 is 31.6. The molecule has 0 radical (unpaired) electrons. The number of rotatable bonds is 6. The number of halogens is 3. The molecule has 0 fully saturated rings. The van der Waals surface area contributed by atoms with E-state index in [9.17, 15) is 23.7 Å². The van der Waals surface area contributed by atoms with Gasteiger partial charge >= 0.3 is 5.69 Å². The summed E-state index contributed by atoms with van der Waals surface area (Å²) in [7, 11) is 1.41. The van der Waals surface area contributed by atoms with Crippen molar-refractivity contribution in [1.82, 2.24) is 5.32 Å². The number of amides is 1. The second-order valence-electron chi connectivity index (χ2n) is 3.81. The van der Waals surface area contributed by atoms with E-state index < -0.39 is 39.1 Å². The first-order chi connectivity index (χ1) is 9.36. The Bertz CT molecular complexity index is 527. The maximum absolute atomic E-state index is 13.7. The summed E-state index contributed by atoms with van der Waals surface area (Å²) in [5, 5.41) is 12.2. The normalized spacial score (nSPS) is 12.0. The minimum atomic E-state index is -1.40. The van der Waals surface area contributed by atoms with E-state index in [0.29, 0.717) is 12.1 Å². The Morgan fingerprint density at radius 1 is 1.55 bits per heavy atom. The molecule has 0 aliphatic rings. The predicted molar refractivity (Wildman–Crippen MR) is 66.9 cm³/mol. The molecule has 1 aromatic rings. The maximum Gasteiger partial charge on any atom is 0.308 e. The van der Waals surface area contributed by atoms with Gasteiger partial charge in [0.05, 0.1) is 28.5 Å². The monoisotopic (exact) mass is 308 g/mol. The lowest BCUT2D eigenvalue weighted by Crippen LogP contribution is -2.32. The van der Waals surface area contributed by atoms with Crippen LogP contribution in [-0.4, -0.2) is 36.5 Å². The van der Waals surface area contributed by atoms with Gasteiger partial charge < -0.3 is 10.1 Å². The predicted octanol–water partition coefficient (Wildman–Crippen LogP) is 1.86. The average molecular weight is 309 g/mol. The van der Waals surface area contributed by atoms with Crippen LogP contribution in [-0.2, 0) is 4.74 Å². The van der Waals surface area contributed by atoms with E-state index in [1.807, 2.05) is 0 Å². The summed E-state index contributed by atoms with van der Waals surface area (Å²) in [6.45, 7) is 0.0889. The van der Waals surface area contributed by atoms with Crippen molar-refractivity contribution >= 4 is 23.2 Å². The summed E-state index contributed by atoms with van der Waals surface area (Å²) >= 11 is 5.75. The van der Waals surface area contributed by atoms with Gasteiger partial charge in [0, 0.05) is 13.7 Å². The van der Waals surface area contributed by atoms with Crippen LogP contribution in [0, 0.1) is 21.7 Å². The van der Waals surface area contributed by atoms with Gasteiger partial charge in [-0.3, -0.25) is 14.9 Å². The number of carbonyl (C=O) groups is 1. The van der Waals surface area contributed by atoms with E-state index in [2.05, 4.69) is 5.32 Å². The van der Waals surface area contributed by atoms with E-state index in [1.165, 1.54) is 7.11 Å². The molecule has 9 heteroatoms. The standard InChI is InChI=1S/C11H11ClF2N2O4/c1-20-5-6(12)4-15-11(17)8-2-7(13)3-9(10(8)14)16(18)19/h2-3,6H,4-5H2,1H3,(H,15,17). The van der Waals surface area contributed by atoms with Crippen LogP contribution < -0.4 is 5.32 Å². The lowest BCUT2D eigenvalue weighted by atomic mass is 10.1. The summed E-state index contributed by atoms with van der Waals surface area (Å²) in [5.41, 5.74) is -1.85. The number of nitrogens with one attached hydrogen (secondary N) is 1. The fourth-order valence-corrected chi connectivity index (χ4v) is 1.61. The Hall–Kier alpha value is -1.80. The minimum Gasteiger partial charge on any atom is -0.383 e. The molecule has 1 amide bonds. The van der Waals surface area contributed by atoms with E-state index in [4.69, 9.17) is 16.3 Å². The zero-order chi connectivity index (χ0) is 15.3. The lowest BCUT2D eigenvalue weighted by molar-refractivity contribution is -0.387. The molecule has 6 nitrogen and oxygen atoms in total. The van der Waals surface area contributed by atoms with Crippen molar-refractivity contribution in [2.24, 2.45) is 0 Å². The molecule has 1 aromatic carbocycles. The third-order valence-corrected chi connectivity index (χ3v) is 2.57. The highest BCUT2D eigenvalue weighted by molar-refractivity contribution is 6.21. The van der Waals surface area contributed by atoms with E-state index >= 15 is 0 Å². The molecule has 1 atom stereocenters. The van der Waals surface area contributed by atoms with Crippen LogP contribution in [0.5, 0.6) is 0 Å². The number of hydrogen-bond acceptors (Lipinski definition) is 4. The molecule has 0 aliphatic heterocycles. The Labute approximate surface area is 117 Å². The van der Waals surface area contributed by atoms with Crippen molar-refractivity contribution in [2.75, 3.05) is 20.3 Å². The second-order valence-corrected chi connectivity index (χ2v) is 4.42. The van der Waals surface area contributed by atoms with E-state index in [1.54, 1.807) is 0 Å². The summed E-state index contributed by atoms with van der Waals surface area (Å²) in [5.74, 6) is -3.47. The highest BCUT2D eigenvalue weighted by Gasteiger charge is 2.24. The molecule has 0 saturated carbocycles. The van der Waals surface area contributed by atoms with Gasteiger partial charge in [0.25, 0.3) is 5.91 Å². The second kappa shape index (κ2) is 7.11. The highest BCUT2D eigenvalue weighted by atomic mass is 35.5. The number of nitrogens with zero attached hydrogens (tertiary/aromatic N) is 1. The molecule has 1 rings (SSSR count). The third kappa shape index (κ3) is 4.10. The van der Waals surface area contributed by atoms with Gasteiger partial charge in [0.1, 0.15) is 5.82 Å². The number of hydrogen-bond donors (Lipinski definition) is 1. The molecule has 0 aromatic heterocycles. The number of nitro benzene ring substituents is 1. The highest BCUT2D eigenvalue weighted by Crippen LogP contribution is 2.22. The Kier molecular flexibility index (Phi) is 5.78. The van der Waals surface area contributed by atoms with Gasteiger partial charge in [0.2, 0.25) is 5.82 Å². The number of methoxy groups -OCH3 is 1. The van der Waals surface area contributed by atoms with Gasteiger partial charge in [-0.25, -0.2) is 4.39 Å². The zero-order valence-electron chi connectivity index (χ0n) is 10.4. The smallest absolute Gasteiger partial charge is 0.308 e. The fraction of sp³-hybridized carbons (Fsp3) is 0.364. The van der Waals surface area contributed by atoms with Gasteiger partial charge in [-0.2, -0.15) is 4.39 Å². The molecule has 0 spiro atoms. The van der Waals surface area contributed by atoms with Crippen LogP contribution in [0.1, 0.15) is 10.4 Å². The number of alkyl halides is 1. The molecular weight excluding hydrogens is 298 g/mol. The Balaban J connectivity index is 2.90. The third-order valence-electron chi connectivity index (χ3n) is 2.29. The summed E-state index contributed by atoms with van der Waals surface area (Å²) in [4.78, 5) is 21.1. The molecule has 110 valence electrons. The molecular formula is C11H11ClF2N2O4. The largest absolute Gasteiger partial charge is 0.383 e. The molecule has 1 N–H and O–H groups in total. The molecule has 0 aliphatic carbocycles. The maximum atomic E-state index is 13.7. The van der Waals surface area contributed by atoms with Crippen LogP contribution in [0.4, 0.5) is 14.5 Å². The first kappa shape index (κ1) is 16.3. The van der Waals surface area contributed by atoms with E-state index in [-0.39, 0.29) is 13.2 Å². The van der Waals surface area contributed by atoms with Crippen LogP contribution in [0.25, 0.3) is 0 Å². The van der Waals surface area contributed by atoms with Crippen LogP contribution in [0.15, 0.2) is 12.1 Å². The average Bonchev–Trinajstić information content (AvgIpc) is 2.38. The van der Waals surface area contributed by atoms with Gasteiger partial charge in [-0.05, 0) is 6.07 Å². The van der Waals surface area contributed by atoms with Crippen molar-refractivity contribution in [1.29, 1.82) is 0 Å². The Morgan fingerprint density at radius 2 is 2.20 bits per heavy atom. The molecule has 0 bridgehead atoms. The topological polar surface area (TPSA) is 81.5 Å². The van der Waals surface area contributed by atoms with Crippen molar-refractivity contribution in [3.8, 4) is 0 Å². The quantitative estimate of drug-likeness (QED) is 0.494. The van der Waals surface area contributed by atoms with Gasteiger partial charge in [0.15, 0.2) is 0 Å². The number of nitro groups is 1. The number of benzene rings is 1. The van der Waals surface area contributed by atoms with Gasteiger partial charge in [-0.1, -0.05) is 0 Å². The van der Waals surface area contributed by atoms with Crippen molar-refractivity contribution in [3.63, 3.8) is 0 Å². The molecule has 0 heterocycles. The van der Waals surface area contributed by atoms with Crippen LogP contribution >= 0.6 is 11.6 Å². The summed E-state index contributed by atoms with van der Waals surface area (Å²) in [6.07, 6.45) is 0.